The molecule has 134 valence electrons. The van der Waals surface area contributed by atoms with Crippen LogP contribution in [0.3, 0.4) is 0 Å². The molecule has 0 bridgehead atoms. The van der Waals surface area contributed by atoms with E-state index in [1.165, 1.54) is 0 Å². The predicted molar refractivity (Wildman–Crippen MR) is 89.0 cm³/mol. The highest BCUT2D eigenvalue weighted by molar-refractivity contribution is 4.97. The number of nitrogens with zero attached hydrogens (tertiary/aromatic N) is 1. The van der Waals surface area contributed by atoms with Gasteiger partial charge in [0.15, 0.2) is 6.29 Å². The van der Waals surface area contributed by atoms with Crippen molar-refractivity contribution in [3.63, 3.8) is 0 Å². The maximum Gasteiger partial charge on any atom is 0.186 e. The molecule has 1 fully saturated rings. The van der Waals surface area contributed by atoms with Crippen LogP contribution in [0.5, 0.6) is 0 Å². The Morgan fingerprint density at radius 2 is 1.39 bits per heavy atom. The van der Waals surface area contributed by atoms with Gasteiger partial charge in [-0.15, -0.1) is 0 Å². The average Bonchev–Trinajstić information content (AvgIpc) is 2.57. The third-order valence-corrected chi connectivity index (χ3v) is 3.99. The normalized spacial score (nSPS) is 27.7. The minimum atomic E-state index is -0.436. The molecule has 1 aliphatic heterocycles. The Morgan fingerprint density at radius 3 is 1.91 bits per heavy atom. The quantitative estimate of drug-likeness (QED) is 0.512. The zero-order chi connectivity index (χ0) is 16.9. The zero-order valence-corrected chi connectivity index (χ0v) is 15.0. The summed E-state index contributed by atoms with van der Waals surface area (Å²) in [6, 6.07) is 2.30. The molecule has 0 saturated carbocycles. The molecule has 0 spiro atoms. The van der Waals surface area contributed by atoms with E-state index in [0.29, 0.717) is 26.4 Å². The Hall–Kier alpha value is -0.670. The summed E-state index contributed by atoms with van der Waals surface area (Å²) in [6.45, 7) is 8.66. The van der Waals surface area contributed by atoms with Crippen molar-refractivity contribution in [3.05, 3.63) is 0 Å². The van der Waals surface area contributed by atoms with Gasteiger partial charge in [0.1, 0.15) is 12.2 Å². The van der Waals surface area contributed by atoms with Crippen LogP contribution in [0.15, 0.2) is 0 Å². The highest BCUT2D eigenvalue weighted by atomic mass is 16.7. The lowest BCUT2D eigenvalue weighted by atomic mass is 9.96. The molecule has 0 N–H and O–H groups in total. The summed E-state index contributed by atoms with van der Waals surface area (Å²) in [7, 11) is 0. The summed E-state index contributed by atoms with van der Waals surface area (Å²) in [6.07, 6.45) is 5.13. The third-order valence-electron chi connectivity index (χ3n) is 3.99. The summed E-state index contributed by atoms with van der Waals surface area (Å²) >= 11 is 0. The van der Waals surface area contributed by atoms with Crippen LogP contribution in [0, 0.1) is 17.2 Å². The molecule has 0 aromatic carbocycles. The van der Waals surface area contributed by atoms with Gasteiger partial charge in [0.25, 0.3) is 0 Å². The Morgan fingerprint density at radius 1 is 0.870 bits per heavy atom. The minimum absolute atomic E-state index is 0.274. The summed E-state index contributed by atoms with van der Waals surface area (Å²) in [5.74, 6) is -0.301. The lowest BCUT2D eigenvalue weighted by molar-refractivity contribution is -0.273. The largest absolute Gasteiger partial charge is 0.374 e. The van der Waals surface area contributed by atoms with Gasteiger partial charge in [0, 0.05) is 19.8 Å². The molecule has 0 aromatic rings. The molecule has 1 rings (SSSR count). The summed E-state index contributed by atoms with van der Waals surface area (Å²) < 4.78 is 23.6. The van der Waals surface area contributed by atoms with E-state index in [0.717, 1.165) is 38.5 Å². The number of hydrogen-bond donors (Lipinski definition) is 0. The second-order valence-electron chi connectivity index (χ2n) is 6.04. The number of rotatable bonds is 12. The summed E-state index contributed by atoms with van der Waals surface area (Å²) in [5.41, 5.74) is 0. The molecule has 0 radical (unpaired) electrons. The minimum Gasteiger partial charge on any atom is -0.374 e. The second kappa shape index (κ2) is 12.7. The lowest BCUT2D eigenvalue weighted by Gasteiger charge is -2.39. The number of ether oxygens (including phenoxy) is 4. The van der Waals surface area contributed by atoms with E-state index >= 15 is 0 Å². The smallest absolute Gasteiger partial charge is 0.186 e. The van der Waals surface area contributed by atoms with Gasteiger partial charge in [0.05, 0.1) is 18.6 Å². The van der Waals surface area contributed by atoms with Crippen LogP contribution >= 0.6 is 0 Å². The zero-order valence-electron chi connectivity index (χ0n) is 15.0. The average molecular weight is 327 g/mol. The molecule has 23 heavy (non-hydrogen) atoms. The Bertz CT molecular complexity index is 331. The van der Waals surface area contributed by atoms with Crippen LogP contribution in [0.1, 0.15) is 59.3 Å². The standard InChI is InChI=1S/C18H33NO4/c1-4-7-10-20-16-15(13-19)14-23-18(22-12-9-6-3)17(16)21-11-8-5-2/h15-18H,4-12,14H2,1-3H3/t15-,16-,17+,18-/m1/s1. The molecule has 0 aliphatic carbocycles. The van der Waals surface area contributed by atoms with Gasteiger partial charge in [-0.2, -0.15) is 5.26 Å². The van der Waals surface area contributed by atoms with Crippen molar-refractivity contribution in [2.75, 3.05) is 26.4 Å². The van der Waals surface area contributed by atoms with Crippen LogP contribution < -0.4 is 0 Å². The molecule has 4 atom stereocenters. The van der Waals surface area contributed by atoms with E-state index in [9.17, 15) is 5.26 Å². The van der Waals surface area contributed by atoms with E-state index in [2.05, 4.69) is 26.8 Å². The topological polar surface area (TPSA) is 60.7 Å². The van der Waals surface area contributed by atoms with Gasteiger partial charge in [0.2, 0.25) is 0 Å². The molecule has 1 saturated heterocycles. The van der Waals surface area contributed by atoms with Gasteiger partial charge in [-0.05, 0) is 19.3 Å². The van der Waals surface area contributed by atoms with Crippen LogP contribution in [0.2, 0.25) is 0 Å². The monoisotopic (exact) mass is 327 g/mol. The summed E-state index contributed by atoms with van der Waals surface area (Å²) in [4.78, 5) is 0. The third kappa shape index (κ3) is 7.17. The highest BCUT2D eigenvalue weighted by Crippen LogP contribution is 2.27. The molecule has 5 heteroatoms. The fraction of sp³-hybridized carbons (Fsp3) is 0.944. The number of nitriles is 1. The van der Waals surface area contributed by atoms with Crippen LogP contribution in [-0.2, 0) is 18.9 Å². The van der Waals surface area contributed by atoms with Crippen molar-refractivity contribution in [2.45, 2.75) is 77.8 Å². The Labute approximate surface area is 141 Å². The van der Waals surface area contributed by atoms with Gasteiger partial charge in [-0.1, -0.05) is 40.0 Å². The first-order valence-corrected chi connectivity index (χ1v) is 9.14. The first kappa shape index (κ1) is 20.4. The SMILES string of the molecule is CCCCO[C@@H]1OC[C@@H](C#N)[C@@H](OCCCC)[C@@H]1OCCCC. The first-order valence-electron chi connectivity index (χ1n) is 9.14. The van der Waals surface area contributed by atoms with Crippen LogP contribution in [0.25, 0.3) is 0 Å². The van der Waals surface area contributed by atoms with Crippen LogP contribution in [-0.4, -0.2) is 44.9 Å². The summed E-state index contributed by atoms with van der Waals surface area (Å²) in [5, 5.41) is 9.40. The number of hydrogen-bond acceptors (Lipinski definition) is 5. The van der Waals surface area contributed by atoms with Crippen molar-refractivity contribution in [2.24, 2.45) is 5.92 Å². The van der Waals surface area contributed by atoms with Gasteiger partial charge < -0.3 is 18.9 Å². The lowest BCUT2D eigenvalue weighted by Crippen LogP contribution is -2.53. The van der Waals surface area contributed by atoms with E-state index in [-0.39, 0.29) is 18.1 Å². The molecule has 0 unspecified atom stereocenters. The molecule has 1 aliphatic rings. The van der Waals surface area contributed by atoms with E-state index in [1.807, 2.05) is 0 Å². The second-order valence-corrected chi connectivity index (χ2v) is 6.04. The maximum absolute atomic E-state index is 9.40. The molecular formula is C18H33NO4. The van der Waals surface area contributed by atoms with Gasteiger partial charge in [-0.25, -0.2) is 0 Å². The predicted octanol–water partition coefficient (Wildman–Crippen LogP) is 3.67. The van der Waals surface area contributed by atoms with Crippen molar-refractivity contribution in [1.29, 1.82) is 5.26 Å². The molecule has 1 heterocycles. The Kier molecular flexibility index (Phi) is 11.3. The first-order chi connectivity index (χ1) is 11.3. The van der Waals surface area contributed by atoms with Crippen molar-refractivity contribution in [3.8, 4) is 6.07 Å². The van der Waals surface area contributed by atoms with E-state index in [1.54, 1.807) is 0 Å². The van der Waals surface area contributed by atoms with E-state index < -0.39 is 6.29 Å². The highest BCUT2D eigenvalue weighted by Gasteiger charge is 2.43. The van der Waals surface area contributed by atoms with Gasteiger partial charge in [-0.3, -0.25) is 0 Å². The van der Waals surface area contributed by atoms with Gasteiger partial charge >= 0.3 is 0 Å². The molecular weight excluding hydrogens is 294 g/mol. The molecule has 5 nitrogen and oxygen atoms in total. The fourth-order valence-corrected chi connectivity index (χ4v) is 2.48. The maximum atomic E-state index is 9.40. The fourth-order valence-electron chi connectivity index (χ4n) is 2.48. The van der Waals surface area contributed by atoms with Crippen LogP contribution in [0.4, 0.5) is 0 Å². The Balaban J connectivity index is 2.70. The van der Waals surface area contributed by atoms with Crippen molar-refractivity contribution in [1.82, 2.24) is 0 Å². The van der Waals surface area contributed by atoms with Crippen molar-refractivity contribution >= 4 is 0 Å². The molecule has 0 aromatic heterocycles. The molecule has 0 amide bonds. The van der Waals surface area contributed by atoms with E-state index in [4.69, 9.17) is 18.9 Å². The number of unbranched alkanes of at least 4 members (excludes halogenated alkanes) is 3. The van der Waals surface area contributed by atoms with Crippen molar-refractivity contribution < 1.29 is 18.9 Å².